The number of carbonyl (C=O) groups is 2. The molecule has 0 radical (unpaired) electrons. The van der Waals surface area contributed by atoms with E-state index in [0.717, 1.165) is 5.56 Å². The standard InChI is InChI=1S/C19H21NO5/c1-13-2-8-16(9-3-13)25-11-10-18(22)20-17(19(23)24)12-14-4-6-15(21)7-5-14/h2-9,17,21H,10-12H2,1H3,(H,20,22)(H,23,24). The van der Waals surface area contributed by atoms with E-state index in [4.69, 9.17) is 4.74 Å². The number of carboxylic acid groups (broad SMARTS) is 1. The summed E-state index contributed by atoms with van der Waals surface area (Å²) >= 11 is 0. The zero-order chi connectivity index (χ0) is 18.2. The van der Waals surface area contributed by atoms with Crippen LogP contribution in [0, 0.1) is 6.92 Å². The predicted molar refractivity (Wildman–Crippen MR) is 92.7 cm³/mol. The number of ether oxygens (including phenoxy) is 1. The van der Waals surface area contributed by atoms with E-state index in [-0.39, 0.29) is 25.2 Å². The molecule has 6 nitrogen and oxygen atoms in total. The zero-order valence-corrected chi connectivity index (χ0v) is 13.9. The quantitative estimate of drug-likeness (QED) is 0.683. The van der Waals surface area contributed by atoms with Gasteiger partial charge in [0.15, 0.2) is 0 Å². The summed E-state index contributed by atoms with van der Waals surface area (Å²) in [5.74, 6) is -0.732. The van der Waals surface area contributed by atoms with Crippen LogP contribution >= 0.6 is 0 Å². The summed E-state index contributed by atoms with van der Waals surface area (Å²) in [6.07, 6.45) is 0.202. The van der Waals surface area contributed by atoms with E-state index in [1.54, 1.807) is 12.1 Å². The van der Waals surface area contributed by atoms with Crippen LogP contribution in [0.25, 0.3) is 0 Å². The van der Waals surface area contributed by atoms with Crippen LogP contribution in [0.3, 0.4) is 0 Å². The first-order valence-corrected chi connectivity index (χ1v) is 7.93. The summed E-state index contributed by atoms with van der Waals surface area (Å²) in [6.45, 7) is 2.14. The molecule has 132 valence electrons. The van der Waals surface area contributed by atoms with Crippen LogP contribution in [0.4, 0.5) is 0 Å². The Morgan fingerprint density at radius 3 is 2.32 bits per heavy atom. The van der Waals surface area contributed by atoms with Crippen LogP contribution < -0.4 is 10.1 Å². The Balaban J connectivity index is 1.82. The van der Waals surface area contributed by atoms with E-state index >= 15 is 0 Å². The van der Waals surface area contributed by atoms with Crippen molar-refractivity contribution in [3.05, 3.63) is 59.7 Å². The number of benzene rings is 2. The van der Waals surface area contributed by atoms with Crippen LogP contribution in [0.15, 0.2) is 48.5 Å². The third-order valence-electron chi connectivity index (χ3n) is 3.63. The highest BCUT2D eigenvalue weighted by Gasteiger charge is 2.20. The number of carbonyl (C=O) groups excluding carboxylic acids is 1. The van der Waals surface area contributed by atoms with Gasteiger partial charge in [-0.2, -0.15) is 0 Å². The fourth-order valence-electron chi connectivity index (χ4n) is 2.23. The summed E-state index contributed by atoms with van der Waals surface area (Å²) in [5, 5.41) is 21.0. The van der Waals surface area contributed by atoms with Gasteiger partial charge in [0.05, 0.1) is 13.0 Å². The lowest BCUT2D eigenvalue weighted by atomic mass is 10.1. The molecular formula is C19H21NO5. The first kappa shape index (κ1) is 18.3. The first-order valence-electron chi connectivity index (χ1n) is 7.93. The average Bonchev–Trinajstić information content (AvgIpc) is 2.58. The van der Waals surface area contributed by atoms with Gasteiger partial charge < -0.3 is 20.3 Å². The minimum absolute atomic E-state index is 0.0627. The lowest BCUT2D eigenvalue weighted by Gasteiger charge is -2.15. The van der Waals surface area contributed by atoms with Crippen molar-refractivity contribution >= 4 is 11.9 Å². The monoisotopic (exact) mass is 343 g/mol. The molecule has 0 spiro atoms. The van der Waals surface area contributed by atoms with Gasteiger partial charge in [0.1, 0.15) is 17.5 Å². The Kier molecular flexibility index (Phi) is 6.39. The van der Waals surface area contributed by atoms with Gasteiger partial charge in [-0.25, -0.2) is 4.79 Å². The molecule has 0 aliphatic rings. The molecule has 0 bridgehead atoms. The van der Waals surface area contributed by atoms with Crippen molar-refractivity contribution in [1.29, 1.82) is 0 Å². The number of aliphatic carboxylic acids is 1. The largest absolute Gasteiger partial charge is 0.508 e. The zero-order valence-electron chi connectivity index (χ0n) is 13.9. The molecule has 3 N–H and O–H groups in total. The molecule has 2 aromatic carbocycles. The molecule has 25 heavy (non-hydrogen) atoms. The Morgan fingerprint density at radius 1 is 1.08 bits per heavy atom. The van der Waals surface area contributed by atoms with Crippen molar-refractivity contribution < 1.29 is 24.5 Å². The minimum Gasteiger partial charge on any atom is -0.508 e. The van der Waals surface area contributed by atoms with Crippen molar-refractivity contribution in [3.63, 3.8) is 0 Å². The number of aromatic hydroxyl groups is 1. The van der Waals surface area contributed by atoms with Crippen LogP contribution in [0.1, 0.15) is 17.5 Å². The van der Waals surface area contributed by atoms with Crippen LogP contribution in [0.5, 0.6) is 11.5 Å². The van der Waals surface area contributed by atoms with E-state index in [0.29, 0.717) is 11.3 Å². The van der Waals surface area contributed by atoms with E-state index < -0.39 is 17.9 Å². The molecule has 1 unspecified atom stereocenters. The summed E-state index contributed by atoms with van der Waals surface area (Å²) < 4.78 is 5.47. The fourth-order valence-corrected chi connectivity index (χ4v) is 2.23. The summed E-state index contributed by atoms with van der Waals surface area (Å²) in [4.78, 5) is 23.3. The lowest BCUT2D eigenvalue weighted by molar-refractivity contribution is -0.141. The van der Waals surface area contributed by atoms with Crippen LogP contribution in [-0.2, 0) is 16.0 Å². The molecule has 0 fully saturated rings. The molecule has 0 aliphatic carbocycles. The number of phenols is 1. The smallest absolute Gasteiger partial charge is 0.326 e. The molecular weight excluding hydrogens is 322 g/mol. The Morgan fingerprint density at radius 2 is 1.72 bits per heavy atom. The molecule has 0 saturated carbocycles. The highest BCUT2D eigenvalue weighted by atomic mass is 16.5. The van der Waals surface area contributed by atoms with Gasteiger partial charge >= 0.3 is 5.97 Å². The second-order valence-corrected chi connectivity index (χ2v) is 5.74. The average molecular weight is 343 g/mol. The molecule has 6 heteroatoms. The number of aryl methyl sites for hydroxylation is 1. The molecule has 0 aromatic heterocycles. The van der Waals surface area contributed by atoms with Crippen molar-refractivity contribution in [2.24, 2.45) is 0 Å². The minimum atomic E-state index is -1.11. The molecule has 0 aliphatic heterocycles. The van der Waals surface area contributed by atoms with Gasteiger partial charge in [-0.3, -0.25) is 4.79 Å². The summed E-state index contributed by atoms with van der Waals surface area (Å²) in [6, 6.07) is 12.6. The number of nitrogens with one attached hydrogen (secondary N) is 1. The number of carboxylic acids is 1. The van der Waals surface area contributed by atoms with Crippen molar-refractivity contribution in [2.75, 3.05) is 6.61 Å². The van der Waals surface area contributed by atoms with Crippen molar-refractivity contribution in [1.82, 2.24) is 5.32 Å². The fraction of sp³-hybridized carbons (Fsp3) is 0.263. The van der Waals surface area contributed by atoms with Crippen molar-refractivity contribution in [3.8, 4) is 11.5 Å². The van der Waals surface area contributed by atoms with E-state index in [1.807, 2.05) is 31.2 Å². The summed E-state index contributed by atoms with van der Waals surface area (Å²) in [5.41, 5.74) is 1.82. The highest BCUT2D eigenvalue weighted by Crippen LogP contribution is 2.13. The SMILES string of the molecule is Cc1ccc(OCCC(=O)NC(Cc2ccc(O)cc2)C(=O)O)cc1. The van der Waals surface area contributed by atoms with E-state index in [1.165, 1.54) is 12.1 Å². The predicted octanol–water partition coefficient (Wildman–Crippen LogP) is 2.28. The summed E-state index contributed by atoms with van der Waals surface area (Å²) in [7, 11) is 0. The third-order valence-corrected chi connectivity index (χ3v) is 3.63. The lowest BCUT2D eigenvalue weighted by Crippen LogP contribution is -2.42. The maximum Gasteiger partial charge on any atom is 0.326 e. The van der Waals surface area contributed by atoms with E-state index in [2.05, 4.69) is 5.32 Å². The Labute approximate surface area is 146 Å². The maximum absolute atomic E-state index is 12.0. The molecule has 2 rings (SSSR count). The topological polar surface area (TPSA) is 95.9 Å². The highest BCUT2D eigenvalue weighted by molar-refractivity contribution is 5.83. The number of phenolic OH excluding ortho intramolecular Hbond substituents is 1. The van der Waals surface area contributed by atoms with Crippen LogP contribution in [-0.4, -0.2) is 34.7 Å². The first-order chi connectivity index (χ1) is 11.9. The molecule has 0 saturated heterocycles. The van der Waals surface area contributed by atoms with Gasteiger partial charge in [-0.05, 0) is 36.8 Å². The van der Waals surface area contributed by atoms with Gasteiger partial charge in [-0.15, -0.1) is 0 Å². The molecule has 0 heterocycles. The molecule has 1 atom stereocenters. The second kappa shape index (κ2) is 8.73. The number of hydrogen-bond acceptors (Lipinski definition) is 4. The second-order valence-electron chi connectivity index (χ2n) is 5.74. The van der Waals surface area contributed by atoms with Crippen molar-refractivity contribution in [2.45, 2.75) is 25.8 Å². The Hall–Kier alpha value is -3.02. The number of rotatable bonds is 8. The van der Waals surface area contributed by atoms with Gasteiger partial charge in [0.25, 0.3) is 0 Å². The van der Waals surface area contributed by atoms with Gasteiger partial charge in [0, 0.05) is 6.42 Å². The normalized spacial score (nSPS) is 11.6. The Bertz CT molecular complexity index is 710. The maximum atomic E-state index is 12.0. The van der Waals surface area contributed by atoms with E-state index in [9.17, 15) is 19.8 Å². The molecule has 1 amide bonds. The number of hydrogen-bond donors (Lipinski definition) is 3. The third kappa shape index (κ3) is 6.18. The van der Waals surface area contributed by atoms with Crippen LogP contribution in [0.2, 0.25) is 0 Å². The van der Waals surface area contributed by atoms with Gasteiger partial charge in [-0.1, -0.05) is 29.8 Å². The molecule has 2 aromatic rings. The van der Waals surface area contributed by atoms with Gasteiger partial charge in [0.2, 0.25) is 5.91 Å². The number of amides is 1.